The summed E-state index contributed by atoms with van der Waals surface area (Å²) < 4.78 is 18.3. The van der Waals surface area contributed by atoms with Crippen molar-refractivity contribution in [2.45, 2.75) is 98.1 Å². The minimum atomic E-state index is -0.914. The highest BCUT2D eigenvalue weighted by Crippen LogP contribution is 2.50. The first-order valence-electron chi connectivity index (χ1n) is 13.9. The fraction of sp³-hybridized carbons (Fsp3) is 0.516. The maximum absolute atomic E-state index is 13.3. The largest absolute Gasteiger partial charge is 0.448 e. The number of carbonyl (C=O) groups is 2. The first kappa shape index (κ1) is 29.2. The Labute approximate surface area is 235 Å². The van der Waals surface area contributed by atoms with Gasteiger partial charge in [-0.1, -0.05) is 12.7 Å². The van der Waals surface area contributed by atoms with Crippen LogP contribution in [0.5, 0.6) is 11.5 Å². The third-order valence-corrected chi connectivity index (χ3v) is 7.70. The molecule has 1 aliphatic heterocycles. The molecule has 0 spiro atoms. The van der Waals surface area contributed by atoms with Crippen LogP contribution >= 0.6 is 0 Å². The zero-order valence-corrected chi connectivity index (χ0v) is 24.6. The molecule has 0 radical (unpaired) electrons. The van der Waals surface area contributed by atoms with Crippen molar-refractivity contribution in [2.24, 2.45) is 5.92 Å². The zero-order chi connectivity index (χ0) is 29.4. The molecule has 2 amide bonds. The molecule has 2 aliphatic rings. The molecule has 4 rings (SSSR count). The van der Waals surface area contributed by atoms with Crippen molar-refractivity contribution in [3.8, 4) is 11.5 Å². The van der Waals surface area contributed by atoms with Gasteiger partial charge in [0.25, 0.3) is 17.3 Å². The molecule has 1 saturated carbocycles. The van der Waals surface area contributed by atoms with Gasteiger partial charge >= 0.3 is 6.09 Å². The van der Waals surface area contributed by atoms with Crippen LogP contribution in [0.4, 0.5) is 4.79 Å². The number of ether oxygens (including phenoxy) is 3. The number of aryl methyl sites for hydroxylation is 2. The van der Waals surface area contributed by atoms with Crippen molar-refractivity contribution in [3.63, 3.8) is 0 Å². The Balaban J connectivity index is 1.46. The van der Waals surface area contributed by atoms with Crippen molar-refractivity contribution in [1.29, 1.82) is 0 Å². The second-order valence-corrected chi connectivity index (χ2v) is 12.0. The van der Waals surface area contributed by atoms with E-state index >= 15 is 0 Å². The normalized spacial score (nSPS) is 22.0. The van der Waals surface area contributed by atoms with Crippen LogP contribution in [0.15, 0.2) is 23.5 Å². The van der Waals surface area contributed by atoms with Gasteiger partial charge in [-0.25, -0.2) is 4.79 Å². The summed E-state index contributed by atoms with van der Waals surface area (Å²) in [4.78, 5) is 40.7. The highest BCUT2D eigenvalue weighted by Gasteiger charge is 2.47. The molecule has 9 heteroatoms. The third kappa shape index (κ3) is 6.18. The molecule has 2 heterocycles. The summed E-state index contributed by atoms with van der Waals surface area (Å²) in [7, 11) is 0. The van der Waals surface area contributed by atoms with Crippen molar-refractivity contribution in [2.75, 3.05) is 0 Å². The molecule has 0 bridgehead atoms. The summed E-state index contributed by atoms with van der Waals surface area (Å²) >= 11 is 0. The van der Waals surface area contributed by atoms with E-state index in [4.69, 9.17) is 14.2 Å². The average Bonchev–Trinajstić information content (AvgIpc) is 3.22. The number of carbonyl (C=O) groups excluding carboxylic acids is 2. The number of hydrogen-bond acceptors (Lipinski definition) is 6. The van der Waals surface area contributed by atoms with Gasteiger partial charge in [0.05, 0.1) is 0 Å². The number of nitrogens with one attached hydrogen (secondary N) is 3. The summed E-state index contributed by atoms with van der Waals surface area (Å²) in [5.41, 5.74) is 3.13. The van der Waals surface area contributed by atoms with E-state index in [1.54, 1.807) is 12.1 Å². The van der Waals surface area contributed by atoms with Crippen LogP contribution in [0, 0.1) is 26.7 Å². The summed E-state index contributed by atoms with van der Waals surface area (Å²) in [5.74, 6) is -0.0333. The van der Waals surface area contributed by atoms with Gasteiger partial charge in [0.2, 0.25) is 0 Å². The smallest absolute Gasteiger partial charge is 0.407 e. The SMILES string of the molecule is C=Cc1cc(C(=O)NCc2c(C)cc(C)[nH]c2=O)c(C)c2c1OC(C)(C1CCC(NC(=O)OC(C)(C)C)CC1)O2. The molecule has 1 aliphatic carbocycles. The molecular formula is C31H41N3O6. The predicted octanol–water partition coefficient (Wildman–Crippen LogP) is 5.44. The molecule has 1 aromatic heterocycles. The Morgan fingerprint density at radius 2 is 1.77 bits per heavy atom. The Kier molecular flexibility index (Phi) is 8.06. The predicted molar refractivity (Wildman–Crippen MR) is 154 cm³/mol. The Morgan fingerprint density at radius 3 is 2.38 bits per heavy atom. The number of aromatic nitrogens is 1. The average molecular weight is 552 g/mol. The molecule has 40 heavy (non-hydrogen) atoms. The highest BCUT2D eigenvalue weighted by atomic mass is 16.7. The lowest BCUT2D eigenvalue weighted by molar-refractivity contribution is -0.121. The van der Waals surface area contributed by atoms with Crippen LogP contribution in [-0.4, -0.2) is 34.4 Å². The lowest BCUT2D eigenvalue weighted by Gasteiger charge is -2.37. The van der Waals surface area contributed by atoms with Crippen LogP contribution in [0.1, 0.15) is 91.7 Å². The lowest BCUT2D eigenvalue weighted by Crippen LogP contribution is -2.48. The molecule has 1 aromatic carbocycles. The van der Waals surface area contributed by atoms with Gasteiger partial charge in [-0.2, -0.15) is 0 Å². The molecule has 3 N–H and O–H groups in total. The minimum Gasteiger partial charge on any atom is -0.448 e. The quantitative estimate of drug-likeness (QED) is 0.440. The number of amides is 2. The van der Waals surface area contributed by atoms with E-state index in [1.165, 1.54) is 0 Å². The van der Waals surface area contributed by atoms with Crippen molar-refractivity contribution >= 4 is 18.1 Å². The maximum Gasteiger partial charge on any atom is 0.407 e. The molecule has 0 saturated heterocycles. The minimum absolute atomic E-state index is 0.0312. The van der Waals surface area contributed by atoms with Crippen LogP contribution in [-0.2, 0) is 11.3 Å². The summed E-state index contributed by atoms with van der Waals surface area (Å²) in [6.07, 6.45) is 4.40. The number of H-pyrrole nitrogens is 1. The van der Waals surface area contributed by atoms with Gasteiger partial charge < -0.3 is 29.8 Å². The summed E-state index contributed by atoms with van der Waals surface area (Å²) in [5, 5.41) is 5.86. The molecular weight excluding hydrogens is 510 g/mol. The third-order valence-electron chi connectivity index (χ3n) is 7.70. The number of benzene rings is 1. The second kappa shape index (κ2) is 11.0. The molecule has 1 atom stereocenters. The lowest BCUT2D eigenvalue weighted by atomic mass is 9.81. The van der Waals surface area contributed by atoms with Crippen molar-refractivity contribution < 1.29 is 23.8 Å². The number of aromatic amines is 1. The highest BCUT2D eigenvalue weighted by molar-refractivity contribution is 5.97. The van der Waals surface area contributed by atoms with E-state index in [0.717, 1.165) is 36.9 Å². The van der Waals surface area contributed by atoms with Gasteiger partial charge in [-0.05, 0) is 84.9 Å². The van der Waals surface area contributed by atoms with Crippen LogP contribution in [0.25, 0.3) is 6.08 Å². The standard InChI is InChI=1S/C31H41N3O6/c1-9-20-15-23(27(35)32-16-24-17(2)14-18(3)33-28(24)36)19(4)25-26(20)39-31(8,38-25)21-10-12-22(13-11-21)34-29(37)40-30(5,6)7/h9,14-15,21-22H,1,10-13,16H2,2-8H3,(H,32,35)(H,33,36)(H,34,37). The van der Waals surface area contributed by atoms with E-state index in [9.17, 15) is 14.4 Å². The Morgan fingerprint density at radius 1 is 1.12 bits per heavy atom. The van der Waals surface area contributed by atoms with E-state index in [1.807, 2.05) is 54.5 Å². The van der Waals surface area contributed by atoms with Crippen molar-refractivity contribution in [3.05, 3.63) is 62.6 Å². The van der Waals surface area contributed by atoms with Crippen LogP contribution < -0.4 is 25.7 Å². The molecule has 1 fully saturated rings. The monoisotopic (exact) mass is 551 g/mol. The van der Waals surface area contributed by atoms with Gasteiger partial charge in [0, 0.05) is 53.4 Å². The Bertz CT molecular complexity index is 1380. The van der Waals surface area contributed by atoms with Gasteiger partial charge in [-0.15, -0.1) is 0 Å². The van der Waals surface area contributed by atoms with Crippen molar-refractivity contribution in [1.82, 2.24) is 15.6 Å². The molecule has 1 unspecified atom stereocenters. The number of alkyl carbamates (subject to hydrolysis) is 1. The maximum atomic E-state index is 13.3. The van der Waals surface area contributed by atoms with Crippen LogP contribution in [0.3, 0.4) is 0 Å². The van der Waals surface area contributed by atoms with Gasteiger partial charge in [0.15, 0.2) is 11.5 Å². The number of pyridine rings is 1. The zero-order valence-electron chi connectivity index (χ0n) is 24.6. The van der Waals surface area contributed by atoms with E-state index in [-0.39, 0.29) is 30.0 Å². The first-order valence-corrected chi connectivity index (χ1v) is 13.9. The summed E-state index contributed by atoms with van der Waals surface area (Å²) in [6.45, 7) is 17.0. The number of rotatable bonds is 6. The second-order valence-electron chi connectivity index (χ2n) is 12.0. The fourth-order valence-corrected chi connectivity index (χ4v) is 5.56. The van der Waals surface area contributed by atoms with E-state index in [2.05, 4.69) is 22.2 Å². The van der Waals surface area contributed by atoms with E-state index in [0.29, 0.717) is 33.8 Å². The van der Waals surface area contributed by atoms with Gasteiger partial charge in [-0.3, -0.25) is 9.59 Å². The van der Waals surface area contributed by atoms with Crippen LogP contribution in [0.2, 0.25) is 0 Å². The number of fused-ring (bicyclic) bond motifs is 1. The fourth-order valence-electron chi connectivity index (χ4n) is 5.56. The topological polar surface area (TPSA) is 119 Å². The van der Waals surface area contributed by atoms with E-state index < -0.39 is 17.5 Å². The summed E-state index contributed by atoms with van der Waals surface area (Å²) in [6, 6.07) is 3.66. The molecule has 2 aromatic rings. The molecule has 216 valence electrons. The Hall–Kier alpha value is -3.75. The first-order chi connectivity index (χ1) is 18.7. The number of hydrogen-bond donors (Lipinski definition) is 3. The van der Waals surface area contributed by atoms with Gasteiger partial charge in [0.1, 0.15) is 5.60 Å². The molecule has 9 nitrogen and oxygen atoms in total.